The van der Waals surface area contributed by atoms with E-state index in [1.165, 1.54) is 25.1 Å². The Morgan fingerprint density at radius 1 is 1.08 bits per heavy atom. The summed E-state index contributed by atoms with van der Waals surface area (Å²) in [5, 5.41) is 0. The Kier molecular flexibility index (Phi) is 7.24. The van der Waals surface area contributed by atoms with E-state index in [1.54, 1.807) is 19.1 Å². The lowest BCUT2D eigenvalue weighted by atomic mass is 10.1. The Morgan fingerprint density at radius 2 is 1.72 bits per heavy atom. The van der Waals surface area contributed by atoms with Gasteiger partial charge < -0.3 is 4.74 Å². The van der Waals surface area contributed by atoms with Gasteiger partial charge in [-0.1, -0.05) is 44.5 Å². The molecular weight excluding hydrogens is 325 g/mol. The fourth-order valence-corrected chi connectivity index (χ4v) is 1.71. The predicted octanol–water partition coefficient (Wildman–Crippen LogP) is 6.56. The largest absolute Gasteiger partial charge is 0.490 e. The van der Waals surface area contributed by atoms with E-state index >= 15 is 0 Å². The first-order valence-electron chi connectivity index (χ1n) is 7.48. The third-order valence-corrected chi connectivity index (χ3v) is 3.35. The van der Waals surface area contributed by atoms with Crippen molar-refractivity contribution < 1.29 is 17.9 Å². The molecule has 1 aromatic carbocycles. The Labute approximate surface area is 146 Å². The van der Waals surface area contributed by atoms with Crippen LogP contribution in [-0.2, 0) is 11.3 Å². The van der Waals surface area contributed by atoms with Gasteiger partial charge in [-0.15, -0.1) is 0 Å². The lowest BCUT2D eigenvalue weighted by Crippen LogP contribution is -1.94. The van der Waals surface area contributed by atoms with Crippen LogP contribution in [0.5, 0.6) is 0 Å². The molecule has 25 heavy (non-hydrogen) atoms. The Bertz CT molecular complexity index is 782. The zero-order valence-corrected chi connectivity index (χ0v) is 14.5. The quantitative estimate of drug-likeness (QED) is 0.382. The highest BCUT2D eigenvalue weighted by Gasteiger charge is 2.12. The number of rotatable bonds is 8. The summed E-state index contributed by atoms with van der Waals surface area (Å²) in [6.45, 7) is 17.3. The fraction of sp³-hybridized carbons (Fsp3) is 0.143. The van der Waals surface area contributed by atoms with Crippen molar-refractivity contribution >= 4 is 0 Å². The van der Waals surface area contributed by atoms with Crippen molar-refractivity contribution in [2.24, 2.45) is 0 Å². The lowest BCUT2D eigenvalue weighted by Gasteiger charge is -2.08. The zero-order chi connectivity index (χ0) is 19.1. The molecule has 0 aliphatic carbocycles. The van der Waals surface area contributed by atoms with Crippen molar-refractivity contribution in [2.45, 2.75) is 20.5 Å². The number of hydrogen-bond donors (Lipinski definition) is 0. The molecule has 0 heterocycles. The minimum Gasteiger partial charge on any atom is -0.490 e. The van der Waals surface area contributed by atoms with Crippen molar-refractivity contribution in [1.29, 1.82) is 0 Å². The second-order valence-electron chi connectivity index (χ2n) is 5.58. The number of aryl methyl sites for hydroxylation is 1. The molecule has 0 unspecified atom stereocenters. The van der Waals surface area contributed by atoms with Crippen molar-refractivity contribution in [3.05, 3.63) is 108 Å². The number of benzene rings is 1. The molecule has 1 aromatic rings. The highest BCUT2D eigenvalue weighted by molar-refractivity contribution is 5.49. The number of halogens is 3. The van der Waals surface area contributed by atoms with Gasteiger partial charge in [-0.2, -0.15) is 0 Å². The second kappa shape index (κ2) is 8.92. The average molecular weight is 346 g/mol. The molecule has 0 fully saturated rings. The van der Waals surface area contributed by atoms with E-state index in [0.29, 0.717) is 11.1 Å². The van der Waals surface area contributed by atoms with Crippen LogP contribution in [0.1, 0.15) is 18.1 Å². The van der Waals surface area contributed by atoms with Gasteiger partial charge in [0, 0.05) is 5.57 Å². The minimum atomic E-state index is -1.11. The van der Waals surface area contributed by atoms with Gasteiger partial charge >= 0.3 is 0 Å². The molecule has 0 atom stereocenters. The number of allylic oxidation sites excluding steroid dienone is 7. The van der Waals surface area contributed by atoms with Crippen LogP contribution in [0, 0.1) is 12.7 Å². The summed E-state index contributed by atoms with van der Waals surface area (Å²) in [6.07, 6.45) is 2.86. The molecule has 0 saturated heterocycles. The predicted molar refractivity (Wildman–Crippen MR) is 96.5 cm³/mol. The van der Waals surface area contributed by atoms with E-state index in [-0.39, 0.29) is 34.9 Å². The summed E-state index contributed by atoms with van der Waals surface area (Å²) in [6, 6.07) is 4.79. The van der Waals surface area contributed by atoms with Gasteiger partial charge in [0.15, 0.2) is 11.7 Å². The van der Waals surface area contributed by atoms with Crippen molar-refractivity contribution in [1.82, 2.24) is 0 Å². The molecule has 0 N–H and O–H groups in total. The smallest absolute Gasteiger partial charge is 0.166 e. The summed E-state index contributed by atoms with van der Waals surface area (Å²) >= 11 is 0. The van der Waals surface area contributed by atoms with Gasteiger partial charge in [0.1, 0.15) is 18.2 Å². The van der Waals surface area contributed by atoms with Gasteiger partial charge in [0.25, 0.3) is 0 Å². The van der Waals surface area contributed by atoms with E-state index in [4.69, 9.17) is 4.74 Å². The third-order valence-electron chi connectivity index (χ3n) is 3.35. The molecule has 0 bridgehead atoms. The number of hydrogen-bond acceptors (Lipinski definition) is 1. The van der Waals surface area contributed by atoms with Gasteiger partial charge in [0.2, 0.25) is 0 Å². The van der Waals surface area contributed by atoms with Crippen molar-refractivity contribution in [3.8, 4) is 0 Å². The van der Waals surface area contributed by atoms with Crippen LogP contribution in [-0.4, -0.2) is 0 Å². The molecule has 0 saturated carbocycles. The highest BCUT2D eigenvalue weighted by atomic mass is 19.2. The standard InChI is InChI=1S/C21H21F3O/c1-13(2)20(23)21(24)17(6)14(3)7-9-16(5)25-12-18-10-8-15(4)19(22)11-18/h7-11H,1,3,5-6,12H2,2,4H3/b9-7-,21-20-. The molecule has 0 aromatic heterocycles. The van der Waals surface area contributed by atoms with Gasteiger partial charge in [-0.05, 0) is 48.3 Å². The molecule has 0 spiro atoms. The summed E-state index contributed by atoms with van der Waals surface area (Å²) in [4.78, 5) is 0. The van der Waals surface area contributed by atoms with Gasteiger partial charge in [0.05, 0.1) is 0 Å². The lowest BCUT2D eigenvalue weighted by molar-refractivity contribution is 0.212. The van der Waals surface area contributed by atoms with Crippen LogP contribution in [0.4, 0.5) is 13.2 Å². The molecule has 0 aliphatic rings. The highest BCUT2D eigenvalue weighted by Crippen LogP contribution is 2.26. The molecule has 0 radical (unpaired) electrons. The number of ether oxygens (including phenoxy) is 1. The van der Waals surface area contributed by atoms with Crippen LogP contribution >= 0.6 is 0 Å². The van der Waals surface area contributed by atoms with E-state index < -0.39 is 11.7 Å². The molecule has 1 nitrogen and oxygen atoms in total. The van der Waals surface area contributed by atoms with Crippen LogP contribution < -0.4 is 0 Å². The maximum atomic E-state index is 13.8. The molecular formula is C21H21F3O. The molecule has 4 heteroatoms. The average Bonchev–Trinajstić information content (AvgIpc) is 2.58. The summed E-state index contributed by atoms with van der Waals surface area (Å²) in [5.74, 6) is -2.21. The Hall–Kier alpha value is -2.75. The van der Waals surface area contributed by atoms with E-state index in [0.717, 1.165) is 0 Å². The second-order valence-corrected chi connectivity index (χ2v) is 5.58. The maximum Gasteiger partial charge on any atom is 0.166 e. The molecule has 0 amide bonds. The molecule has 0 aliphatic heterocycles. The van der Waals surface area contributed by atoms with Crippen LogP contribution in [0.2, 0.25) is 0 Å². The first-order chi connectivity index (χ1) is 11.6. The SMILES string of the molecule is C=C(/C=C\C(=C)C(=C)/C(F)=C(/F)C(=C)C)OCc1ccc(C)c(F)c1. The third kappa shape index (κ3) is 5.99. The summed E-state index contributed by atoms with van der Waals surface area (Å²) in [5.41, 5.74) is 1.14. The molecule has 1 rings (SSSR count). The zero-order valence-electron chi connectivity index (χ0n) is 14.5. The first kappa shape index (κ1) is 20.3. The van der Waals surface area contributed by atoms with E-state index in [1.807, 2.05) is 0 Å². The Morgan fingerprint density at radius 3 is 2.28 bits per heavy atom. The normalized spacial score (nSPS) is 11.9. The van der Waals surface area contributed by atoms with E-state index in [2.05, 4.69) is 26.3 Å². The Balaban J connectivity index is 2.65. The molecule has 132 valence electrons. The van der Waals surface area contributed by atoms with Crippen molar-refractivity contribution in [2.75, 3.05) is 0 Å². The van der Waals surface area contributed by atoms with Crippen LogP contribution in [0.15, 0.2) is 90.8 Å². The first-order valence-corrected chi connectivity index (χ1v) is 7.48. The van der Waals surface area contributed by atoms with Gasteiger partial charge in [-0.3, -0.25) is 0 Å². The summed E-state index contributed by atoms with van der Waals surface area (Å²) in [7, 11) is 0. The fourth-order valence-electron chi connectivity index (χ4n) is 1.71. The van der Waals surface area contributed by atoms with Gasteiger partial charge in [-0.25, -0.2) is 13.2 Å². The monoisotopic (exact) mass is 346 g/mol. The van der Waals surface area contributed by atoms with Crippen LogP contribution in [0.25, 0.3) is 0 Å². The van der Waals surface area contributed by atoms with E-state index in [9.17, 15) is 13.2 Å². The topological polar surface area (TPSA) is 9.23 Å². The minimum absolute atomic E-state index is 0.0338. The summed E-state index contributed by atoms with van der Waals surface area (Å²) < 4.78 is 46.2. The maximum absolute atomic E-state index is 13.8. The van der Waals surface area contributed by atoms with Crippen molar-refractivity contribution in [3.63, 3.8) is 0 Å². The van der Waals surface area contributed by atoms with Crippen LogP contribution in [0.3, 0.4) is 0 Å².